The number of nitrogens with zero attached hydrogens (tertiary/aromatic N) is 5. The molecule has 10 nitrogen and oxygen atoms in total. The van der Waals surface area contributed by atoms with Gasteiger partial charge in [0.1, 0.15) is 17.6 Å². The monoisotopic (exact) mass is 576 g/mol. The number of hydrogen-bond donors (Lipinski definition) is 1. The normalized spacial score (nSPS) is 16.8. The van der Waals surface area contributed by atoms with Crippen molar-refractivity contribution in [1.82, 2.24) is 25.1 Å². The number of carbonyl (C=O) groups is 3. The molecule has 1 unspecified atom stereocenters. The van der Waals surface area contributed by atoms with Gasteiger partial charge in [0.2, 0.25) is 0 Å². The predicted molar refractivity (Wildman–Crippen MR) is 157 cm³/mol. The van der Waals surface area contributed by atoms with Crippen LogP contribution in [0.5, 0.6) is 0 Å². The number of pyridine rings is 1. The molecule has 41 heavy (non-hydrogen) atoms. The predicted octanol–water partition coefficient (Wildman–Crippen LogP) is 3.56. The Morgan fingerprint density at radius 2 is 1.68 bits per heavy atom. The largest absolute Gasteiger partial charge is 0.464 e. The third-order valence-corrected chi connectivity index (χ3v) is 8.56. The van der Waals surface area contributed by atoms with Crippen molar-refractivity contribution in [2.45, 2.75) is 38.1 Å². The lowest BCUT2D eigenvalue weighted by atomic mass is 9.98. The van der Waals surface area contributed by atoms with Crippen LogP contribution in [0, 0.1) is 0 Å². The minimum atomic E-state index is -0.796. The lowest BCUT2D eigenvalue weighted by molar-refractivity contribution is -0.145. The molecule has 11 heteroatoms. The van der Waals surface area contributed by atoms with Gasteiger partial charge in [-0.25, -0.2) is 19.6 Å². The van der Waals surface area contributed by atoms with Gasteiger partial charge in [-0.3, -0.25) is 4.79 Å². The Kier molecular flexibility index (Phi) is 9.45. The zero-order valence-electron chi connectivity index (χ0n) is 23.3. The number of urea groups is 1. The molecule has 2 aliphatic heterocycles. The van der Waals surface area contributed by atoms with Gasteiger partial charge >= 0.3 is 12.0 Å². The molecule has 0 spiro atoms. The van der Waals surface area contributed by atoms with E-state index in [-0.39, 0.29) is 24.5 Å². The van der Waals surface area contributed by atoms with Crippen LogP contribution in [0.1, 0.15) is 46.7 Å². The maximum absolute atomic E-state index is 13.2. The molecule has 2 aliphatic rings. The summed E-state index contributed by atoms with van der Waals surface area (Å²) in [6.45, 7) is 6.20. The summed E-state index contributed by atoms with van der Waals surface area (Å²) in [5, 5.41) is 5.45. The van der Waals surface area contributed by atoms with Crippen molar-refractivity contribution in [3.05, 3.63) is 76.4 Å². The van der Waals surface area contributed by atoms with Gasteiger partial charge in [0.25, 0.3) is 5.91 Å². The highest BCUT2D eigenvalue weighted by molar-refractivity contribution is 7.09. The topological polar surface area (TPSA) is 108 Å². The van der Waals surface area contributed by atoms with Crippen LogP contribution in [0.15, 0.2) is 60.1 Å². The van der Waals surface area contributed by atoms with E-state index in [4.69, 9.17) is 4.74 Å². The fourth-order valence-electron chi connectivity index (χ4n) is 5.28. The van der Waals surface area contributed by atoms with E-state index in [2.05, 4.69) is 20.2 Å². The standard InChI is InChI=1S/C30H36N6O4S/c1-2-40-29(38)24(20-22-8-4-3-5-9-22)32-27(37)25-21-41-28(33-25)23-11-14-35(15-12-23)30(39)36-18-16-34(17-19-36)26-10-6-7-13-31-26/h3-10,13,21,23-24H,2,11-12,14-20H2,1H3,(H,32,37). The summed E-state index contributed by atoms with van der Waals surface area (Å²) >= 11 is 1.46. The molecule has 1 N–H and O–H groups in total. The number of esters is 1. The van der Waals surface area contributed by atoms with E-state index in [9.17, 15) is 14.4 Å². The average molecular weight is 577 g/mol. The maximum atomic E-state index is 13.2. The van der Waals surface area contributed by atoms with Crippen molar-refractivity contribution in [1.29, 1.82) is 0 Å². The number of rotatable bonds is 8. The molecule has 0 saturated carbocycles. The van der Waals surface area contributed by atoms with Crippen molar-refractivity contribution in [2.24, 2.45) is 0 Å². The van der Waals surface area contributed by atoms with Crippen LogP contribution in [0.4, 0.5) is 10.6 Å². The third-order valence-electron chi connectivity index (χ3n) is 7.55. The van der Waals surface area contributed by atoms with Crippen molar-refractivity contribution in [2.75, 3.05) is 50.8 Å². The Morgan fingerprint density at radius 3 is 2.37 bits per heavy atom. The number of benzene rings is 1. The van der Waals surface area contributed by atoms with Crippen LogP contribution >= 0.6 is 11.3 Å². The second-order valence-corrected chi connectivity index (χ2v) is 11.1. The number of ether oxygens (including phenoxy) is 1. The van der Waals surface area contributed by atoms with E-state index in [1.165, 1.54) is 11.3 Å². The minimum absolute atomic E-state index is 0.0896. The van der Waals surface area contributed by atoms with Crippen LogP contribution < -0.4 is 10.2 Å². The Bertz CT molecular complexity index is 1300. The molecule has 1 atom stereocenters. The first-order chi connectivity index (χ1) is 20.0. The number of aromatic nitrogens is 2. The molecule has 2 fully saturated rings. The number of nitrogens with one attached hydrogen (secondary N) is 1. The minimum Gasteiger partial charge on any atom is -0.464 e. The van der Waals surface area contributed by atoms with Crippen LogP contribution in [0.3, 0.4) is 0 Å². The molecule has 0 aliphatic carbocycles. The van der Waals surface area contributed by atoms with Gasteiger partial charge in [-0.2, -0.15) is 0 Å². The van der Waals surface area contributed by atoms with E-state index in [1.807, 2.05) is 58.3 Å². The van der Waals surface area contributed by atoms with E-state index < -0.39 is 12.0 Å². The number of amides is 3. The summed E-state index contributed by atoms with van der Waals surface area (Å²) in [5.74, 6) is 0.288. The summed E-state index contributed by atoms with van der Waals surface area (Å²) in [6.07, 6.45) is 3.73. The molecule has 4 heterocycles. The molecule has 0 bridgehead atoms. The highest BCUT2D eigenvalue weighted by Gasteiger charge is 2.31. The van der Waals surface area contributed by atoms with E-state index >= 15 is 0 Å². The molecule has 5 rings (SSSR count). The number of thiazole rings is 1. The van der Waals surface area contributed by atoms with Crippen LogP contribution in [0.2, 0.25) is 0 Å². The van der Waals surface area contributed by atoms with Gasteiger partial charge in [0.15, 0.2) is 0 Å². The second-order valence-electron chi connectivity index (χ2n) is 10.2. The lowest BCUT2D eigenvalue weighted by Crippen LogP contribution is -2.54. The van der Waals surface area contributed by atoms with Crippen LogP contribution in [-0.4, -0.2) is 89.6 Å². The molecule has 2 saturated heterocycles. The lowest BCUT2D eigenvalue weighted by Gasteiger charge is -2.39. The Hall–Kier alpha value is -3.99. The molecular weight excluding hydrogens is 540 g/mol. The Balaban J connectivity index is 1.12. The molecule has 3 aromatic rings. The maximum Gasteiger partial charge on any atom is 0.328 e. The van der Waals surface area contributed by atoms with E-state index in [0.717, 1.165) is 42.3 Å². The molecule has 0 radical (unpaired) electrons. The fraction of sp³-hybridized carbons (Fsp3) is 0.433. The summed E-state index contributed by atoms with van der Waals surface area (Å²) in [7, 11) is 0. The van der Waals surface area contributed by atoms with E-state index in [1.54, 1.807) is 18.5 Å². The van der Waals surface area contributed by atoms with Crippen molar-refractivity contribution >= 4 is 35.1 Å². The molecule has 216 valence electrons. The summed E-state index contributed by atoms with van der Waals surface area (Å²) < 4.78 is 5.20. The quantitative estimate of drug-likeness (QED) is 0.409. The van der Waals surface area contributed by atoms with Crippen LogP contribution in [0.25, 0.3) is 0 Å². The summed E-state index contributed by atoms with van der Waals surface area (Å²) in [4.78, 5) is 53.9. The SMILES string of the molecule is CCOC(=O)C(Cc1ccccc1)NC(=O)c1csc(C2CCN(C(=O)N3CCN(c4ccccn4)CC3)CC2)n1. The van der Waals surface area contributed by atoms with Gasteiger partial charge < -0.3 is 24.8 Å². The number of piperidine rings is 1. The second kappa shape index (κ2) is 13.6. The number of anilines is 1. The van der Waals surface area contributed by atoms with E-state index in [0.29, 0.717) is 38.3 Å². The number of carbonyl (C=O) groups excluding carboxylic acids is 3. The molecule has 1 aromatic carbocycles. The van der Waals surface area contributed by atoms with Gasteiger partial charge in [0, 0.05) is 63.2 Å². The molecular formula is C30H36N6O4S. The Labute approximate surface area is 244 Å². The van der Waals surface area contributed by atoms with Gasteiger partial charge in [-0.1, -0.05) is 36.4 Å². The number of hydrogen-bond acceptors (Lipinski definition) is 8. The first-order valence-electron chi connectivity index (χ1n) is 14.2. The highest BCUT2D eigenvalue weighted by Crippen LogP contribution is 2.31. The highest BCUT2D eigenvalue weighted by atomic mass is 32.1. The molecule has 2 aromatic heterocycles. The van der Waals surface area contributed by atoms with Crippen LogP contribution in [-0.2, 0) is 16.0 Å². The first-order valence-corrected chi connectivity index (χ1v) is 15.1. The zero-order chi connectivity index (χ0) is 28.6. The average Bonchev–Trinajstić information content (AvgIpc) is 3.52. The smallest absolute Gasteiger partial charge is 0.328 e. The third kappa shape index (κ3) is 7.21. The fourth-order valence-corrected chi connectivity index (χ4v) is 6.25. The van der Waals surface area contributed by atoms with Gasteiger partial charge in [0.05, 0.1) is 11.6 Å². The molecule has 3 amide bonds. The van der Waals surface area contributed by atoms with Gasteiger partial charge in [-0.15, -0.1) is 11.3 Å². The zero-order valence-corrected chi connectivity index (χ0v) is 24.1. The van der Waals surface area contributed by atoms with Crippen molar-refractivity contribution in [3.63, 3.8) is 0 Å². The van der Waals surface area contributed by atoms with Gasteiger partial charge in [-0.05, 0) is 37.5 Å². The summed E-state index contributed by atoms with van der Waals surface area (Å²) in [5.41, 5.74) is 1.23. The van der Waals surface area contributed by atoms with Crippen molar-refractivity contribution < 1.29 is 19.1 Å². The summed E-state index contributed by atoms with van der Waals surface area (Å²) in [6, 6.07) is 14.7. The first kappa shape index (κ1) is 28.5. The Morgan fingerprint density at radius 1 is 0.976 bits per heavy atom. The number of likely N-dealkylation sites (tertiary alicyclic amines) is 1. The number of piperazine rings is 1. The van der Waals surface area contributed by atoms with Crippen molar-refractivity contribution in [3.8, 4) is 0 Å².